The average Bonchev–Trinajstić information content (AvgIpc) is 2.37. The summed E-state index contributed by atoms with van der Waals surface area (Å²) in [6, 6.07) is 6.59. The Labute approximate surface area is 105 Å². The molecule has 0 radical (unpaired) electrons. The van der Waals surface area contributed by atoms with Crippen LogP contribution in [-0.2, 0) is 4.79 Å². The lowest BCUT2D eigenvalue weighted by Gasteiger charge is -2.35. The van der Waals surface area contributed by atoms with Crippen molar-refractivity contribution >= 4 is 11.7 Å². The predicted octanol–water partition coefficient (Wildman–Crippen LogP) is 1.47. The maximum atomic E-state index is 12.8. The van der Waals surface area contributed by atoms with Crippen LogP contribution < -0.4 is 10.2 Å². The Kier molecular flexibility index (Phi) is 4.15. The van der Waals surface area contributed by atoms with Crippen molar-refractivity contribution in [3.63, 3.8) is 0 Å². The number of piperazine rings is 1. The first-order valence-electron chi connectivity index (χ1n) is 6.11. The number of anilines is 1. The van der Waals surface area contributed by atoms with E-state index in [-0.39, 0.29) is 18.3 Å². The lowest BCUT2D eigenvalue weighted by atomic mass is 10.1. The fourth-order valence-corrected chi connectivity index (χ4v) is 2.20. The third kappa shape index (κ3) is 3.43. The van der Waals surface area contributed by atoms with E-state index in [4.69, 9.17) is 5.11 Å². The second-order valence-corrected chi connectivity index (χ2v) is 4.51. The van der Waals surface area contributed by atoms with Crippen molar-refractivity contribution in [2.45, 2.75) is 18.9 Å². The van der Waals surface area contributed by atoms with Gasteiger partial charge in [-0.25, -0.2) is 4.39 Å². The van der Waals surface area contributed by atoms with Gasteiger partial charge in [0.15, 0.2) is 0 Å². The van der Waals surface area contributed by atoms with Gasteiger partial charge >= 0.3 is 5.97 Å². The predicted molar refractivity (Wildman–Crippen MR) is 67.3 cm³/mol. The fraction of sp³-hybridized carbons (Fsp3) is 0.462. The van der Waals surface area contributed by atoms with Crippen LogP contribution in [-0.4, -0.2) is 36.8 Å². The normalized spacial score (nSPS) is 19.8. The van der Waals surface area contributed by atoms with Gasteiger partial charge in [-0.15, -0.1) is 0 Å². The molecule has 0 spiro atoms. The zero-order chi connectivity index (χ0) is 13.0. The molecule has 1 heterocycles. The van der Waals surface area contributed by atoms with Crippen LogP contribution in [0.5, 0.6) is 0 Å². The van der Waals surface area contributed by atoms with Crippen LogP contribution in [0, 0.1) is 5.82 Å². The third-order valence-corrected chi connectivity index (χ3v) is 3.15. The van der Waals surface area contributed by atoms with Crippen molar-refractivity contribution in [2.75, 3.05) is 24.5 Å². The molecule has 0 aliphatic carbocycles. The number of halogens is 1. The van der Waals surface area contributed by atoms with Gasteiger partial charge in [0.2, 0.25) is 0 Å². The van der Waals surface area contributed by atoms with Crippen molar-refractivity contribution in [2.24, 2.45) is 0 Å². The smallest absolute Gasteiger partial charge is 0.303 e. The van der Waals surface area contributed by atoms with Crippen LogP contribution in [0.15, 0.2) is 24.3 Å². The van der Waals surface area contributed by atoms with Gasteiger partial charge in [-0.1, -0.05) is 0 Å². The van der Waals surface area contributed by atoms with E-state index in [1.54, 1.807) is 12.1 Å². The summed E-state index contributed by atoms with van der Waals surface area (Å²) in [5, 5.41) is 12.0. The van der Waals surface area contributed by atoms with Gasteiger partial charge < -0.3 is 15.3 Å². The van der Waals surface area contributed by atoms with Gasteiger partial charge in [-0.3, -0.25) is 4.79 Å². The molecule has 1 fully saturated rings. The van der Waals surface area contributed by atoms with Gasteiger partial charge in [-0.2, -0.15) is 0 Å². The molecule has 1 atom stereocenters. The lowest BCUT2D eigenvalue weighted by Crippen LogP contribution is -2.50. The van der Waals surface area contributed by atoms with Gasteiger partial charge in [-0.05, 0) is 30.7 Å². The molecule has 5 heteroatoms. The Balaban J connectivity index is 1.93. The summed E-state index contributed by atoms with van der Waals surface area (Å²) in [5.74, 6) is -1.01. The number of aliphatic carboxylic acids is 1. The minimum absolute atomic E-state index is 0.176. The molecule has 1 aromatic rings. The highest BCUT2D eigenvalue weighted by molar-refractivity contribution is 5.66. The summed E-state index contributed by atoms with van der Waals surface area (Å²) in [6.45, 7) is 2.44. The Morgan fingerprint density at radius 2 is 2.17 bits per heavy atom. The first-order valence-corrected chi connectivity index (χ1v) is 6.11. The topological polar surface area (TPSA) is 52.6 Å². The van der Waals surface area contributed by atoms with E-state index in [9.17, 15) is 9.18 Å². The quantitative estimate of drug-likeness (QED) is 0.852. The monoisotopic (exact) mass is 252 g/mol. The van der Waals surface area contributed by atoms with Crippen molar-refractivity contribution in [3.8, 4) is 0 Å². The molecule has 4 nitrogen and oxygen atoms in total. The SMILES string of the molecule is O=C(O)CCC1CN(c2ccc(F)cc2)CCN1. The third-order valence-electron chi connectivity index (χ3n) is 3.15. The van der Waals surface area contributed by atoms with Gasteiger partial charge in [0.1, 0.15) is 5.82 Å². The zero-order valence-corrected chi connectivity index (χ0v) is 10.1. The summed E-state index contributed by atoms with van der Waals surface area (Å²) < 4.78 is 12.8. The standard InChI is InChI=1S/C13H17FN2O2/c14-10-1-4-12(5-2-10)16-8-7-15-11(9-16)3-6-13(17)18/h1-2,4-5,11,15H,3,6-9H2,(H,17,18). The second-order valence-electron chi connectivity index (χ2n) is 4.51. The molecule has 0 bridgehead atoms. The minimum Gasteiger partial charge on any atom is -0.481 e. The van der Waals surface area contributed by atoms with Crippen molar-refractivity contribution in [1.29, 1.82) is 0 Å². The number of hydrogen-bond donors (Lipinski definition) is 2. The summed E-state index contributed by atoms with van der Waals surface area (Å²) in [5.41, 5.74) is 0.984. The Morgan fingerprint density at radius 3 is 2.83 bits per heavy atom. The highest BCUT2D eigenvalue weighted by atomic mass is 19.1. The Bertz CT molecular complexity index is 408. The number of hydrogen-bond acceptors (Lipinski definition) is 3. The summed E-state index contributed by atoms with van der Waals surface area (Å²) in [7, 11) is 0. The van der Waals surface area contributed by atoms with Crippen LogP contribution in [0.2, 0.25) is 0 Å². The van der Waals surface area contributed by atoms with Gasteiger partial charge in [0.25, 0.3) is 0 Å². The maximum Gasteiger partial charge on any atom is 0.303 e. The molecule has 2 rings (SSSR count). The summed E-state index contributed by atoms with van der Waals surface area (Å²) in [4.78, 5) is 12.7. The van der Waals surface area contributed by atoms with Gasteiger partial charge in [0, 0.05) is 37.8 Å². The molecule has 2 N–H and O–H groups in total. The Morgan fingerprint density at radius 1 is 1.44 bits per heavy atom. The zero-order valence-electron chi connectivity index (χ0n) is 10.1. The fourth-order valence-electron chi connectivity index (χ4n) is 2.20. The molecule has 0 amide bonds. The first-order chi connectivity index (χ1) is 8.65. The van der Waals surface area contributed by atoms with Crippen molar-refractivity contribution < 1.29 is 14.3 Å². The maximum absolute atomic E-state index is 12.8. The van der Waals surface area contributed by atoms with E-state index in [1.807, 2.05) is 0 Å². The molecule has 98 valence electrons. The highest BCUT2D eigenvalue weighted by Crippen LogP contribution is 2.17. The first kappa shape index (κ1) is 12.8. The second kappa shape index (κ2) is 5.82. The number of rotatable bonds is 4. The molecule has 1 aromatic carbocycles. The number of benzene rings is 1. The minimum atomic E-state index is -0.768. The van der Waals surface area contributed by atoms with Crippen LogP contribution in [0.4, 0.5) is 10.1 Å². The van der Waals surface area contributed by atoms with Crippen LogP contribution in [0.1, 0.15) is 12.8 Å². The summed E-state index contributed by atoms with van der Waals surface area (Å²) in [6.07, 6.45) is 0.794. The van der Waals surface area contributed by atoms with E-state index in [1.165, 1.54) is 12.1 Å². The van der Waals surface area contributed by atoms with E-state index < -0.39 is 5.97 Å². The van der Waals surface area contributed by atoms with Crippen molar-refractivity contribution in [1.82, 2.24) is 5.32 Å². The van der Waals surface area contributed by atoms with E-state index in [0.29, 0.717) is 6.42 Å². The van der Waals surface area contributed by atoms with Crippen LogP contribution in [0.3, 0.4) is 0 Å². The van der Waals surface area contributed by atoms with E-state index in [0.717, 1.165) is 25.3 Å². The molecule has 1 aliphatic heterocycles. The molecular weight excluding hydrogens is 235 g/mol. The molecule has 1 saturated heterocycles. The van der Waals surface area contributed by atoms with Crippen LogP contribution in [0.25, 0.3) is 0 Å². The number of carboxylic acids is 1. The largest absolute Gasteiger partial charge is 0.481 e. The van der Waals surface area contributed by atoms with Crippen LogP contribution >= 0.6 is 0 Å². The molecule has 0 saturated carbocycles. The summed E-state index contributed by atoms with van der Waals surface area (Å²) >= 11 is 0. The molecule has 1 aliphatic rings. The molecule has 18 heavy (non-hydrogen) atoms. The lowest BCUT2D eigenvalue weighted by molar-refractivity contribution is -0.137. The van der Waals surface area contributed by atoms with Crippen molar-refractivity contribution in [3.05, 3.63) is 30.1 Å². The highest BCUT2D eigenvalue weighted by Gasteiger charge is 2.20. The molecule has 0 aromatic heterocycles. The van der Waals surface area contributed by atoms with Gasteiger partial charge in [0.05, 0.1) is 0 Å². The van der Waals surface area contributed by atoms with E-state index >= 15 is 0 Å². The number of carboxylic acid groups (broad SMARTS) is 1. The number of carbonyl (C=O) groups is 1. The number of nitrogens with one attached hydrogen (secondary N) is 1. The van der Waals surface area contributed by atoms with E-state index in [2.05, 4.69) is 10.2 Å². The average molecular weight is 252 g/mol. The number of nitrogens with zero attached hydrogens (tertiary/aromatic N) is 1. The molecular formula is C13H17FN2O2. The Hall–Kier alpha value is -1.62. The molecule has 1 unspecified atom stereocenters.